The highest BCUT2D eigenvalue weighted by Gasteiger charge is 2.11. The lowest BCUT2D eigenvalue weighted by atomic mass is 9.99. The van der Waals surface area contributed by atoms with Gasteiger partial charge in [-0.05, 0) is 18.6 Å². The first-order chi connectivity index (χ1) is 12.1. The third-order valence-electron chi connectivity index (χ3n) is 4.31. The van der Waals surface area contributed by atoms with Crippen LogP contribution in [0.5, 0.6) is 0 Å². The van der Waals surface area contributed by atoms with Gasteiger partial charge in [0.1, 0.15) is 0 Å². The standard InChI is InChI=1S/C22H25ClO2/c1-2-3-4-5-6-7-11-21(24)17-12-14-18(15-13-17)22(25)19-9-8-10-20(23)16-19/h8-10,12-16H,2-7,11H2,1H3. The van der Waals surface area contributed by atoms with E-state index in [1.807, 2.05) is 0 Å². The van der Waals surface area contributed by atoms with Crippen molar-refractivity contribution >= 4 is 23.2 Å². The first-order valence-electron chi connectivity index (χ1n) is 9.05. The molecule has 0 N–H and O–H groups in total. The minimum Gasteiger partial charge on any atom is -0.294 e. The van der Waals surface area contributed by atoms with Crippen LogP contribution in [-0.2, 0) is 0 Å². The summed E-state index contributed by atoms with van der Waals surface area (Å²) in [5.41, 5.74) is 1.80. The van der Waals surface area contributed by atoms with Gasteiger partial charge in [-0.25, -0.2) is 0 Å². The van der Waals surface area contributed by atoms with Gasteiger partial charge in [0.2, 0.25) is 0 Å². The number of benzene rings is 2. The molecule has 0 amide bonds. The highest BCUT2D eigenvalue weighted by Crippen LogP contribution is 2.17. The second kappa shape index (κ2) is 10.1. The highest BCUT2D eigenvalue weighted by atomic mass is 35.5. The molecule has 2 aromatic carbocycles. The average molecular weight is 357 g/mol. The summed E-state index contributed by atoms with van der Waals surface area (Å²) in [7, 11) is 0. The maximum Gasteiger partial charge on any atom is 0.193 e. The third kappa shape index (κ3) is 6.13. The molecule has 0 aliphatic carbocycles. The lowest BCUT2D eigenvalue weighted by molar-refractivity contribution is 0.0977. The minimum atomic E-state index is -0.0857. The summed E-state index contributed by atoms with van der Waals surface area (Å²) in [4.78, 5) is 24.7. The molecule has 132 valence electrons. The fourth-order valence-corrected chi connectivity index (χ4v) is 3.00. The average Bonchev–Trinajstić information content (AvgIpc) is 2.64. The highest BCUT2D eigenvalue weighted by molar-refractivity contribution is 6.31. The maximum absolute atomic E-state index is 12.4. The Morgan fingerprint density at radius 2 is 1.44 bits per heavy atom. The van der Waals surface area contributed by atoms with Crippen LogP contribution in [0.1, 0.15) is 78.1 Å². The Hall–Kier alpha value is -1.93. The predicted molar refractivity (Wildman–Crippen MR) is 104 cm³/mol. The second-order valence-electron chi connectivity index (χ2n) is 6.36. The van der Waals surface area contributed by atoms with E-state index in [-0.39, 0.29) is 11.6 Å². The quantitative estimate of drug-likeness (QED) is 0.359. The zero-order valence-electron chi connectivity index (χ0n) is 14.8. The molecule has 0 aliphatic heterocycles. The van der Waals surface area contributed by atoms with Crippen molar-refractivity contribution in [1.29, 1.82) is 0 Å². The van der Waals surface area contributed by atoms with Gasteiger partial charge in [0, 0.05) is 28.1 Å². The van der Waals surface area contributed by atoms with Gasteiger partial charge in [0.25, 0.3) is 0 Å². The molecule has 0 saturated carbocycles. The van der Waals surface area contributed by atoms with Crippen LogP contribution in [0.2, 0.25) is 5.02 Å². The van der Waals surface area contributed by atoms with E-state index in [1.54, 1.807) is 48.5 Å². The van der Waals surface area contributed by atoms with Crippen molar-refractivity contribution in [2.45, 2.75) is 51.9 Å². The van der Waals surface area contributed by atoms with Crippen LogP contribution in [0.3, 0.4) is 0 Å². The Morgan fingerprint density at radius 3 is 2.12 bits per heavy atom. The van der Waals surface area contributed by atoms with E-state index in [1.165, 1.54) is 25.7 Å². The van der Waals surface area contributed by atoms with Gasteiger partial charge in [0.05, 0.1) is 0 Å². The van der Waals surface area contributed by atoms with E-state index < -0.39 is 0 Å². The molecule has 0 atom stereocenters. The van der Waals surface area contributed by atoms with E-state index >= 15 is 0 Å². The maximum atomic E-state index is 12.4. The van der Waals surface area contributed by atoms with E-state index in [0.29, 0.717) is 28.1 Å². The van der Waals surface area contributed by atoms with Gasteiger partial charge in [-0.3, -0.25) is 9.59 Å². The fourth-order valence-electron chi connectivity index (χ4n) is 2.81. The molecule has 0 saturated heterocycles. The summed E-state index contributed by atoms with van der Waals surface area (Å²) in [5.74, 6) is 0.0645. The lowest BCUT2D eigenvalue weighted by Gasteiger charge is -2.05. The zero-order valence-corrected chi connectivity index (χ0v) is 15.5. The summed E-state index contributed by atoms with van der Waals surface area (Å²) >= 11 is 5.93. The molecule has 0 aromatic heterocycles. The number of rotatable bonds is 10. The number of halogens is 1. The van der Waals surface area contributed by atoms with E-state index in [2.05, 4.69) is 6.92 Å². The number of carbonyl (C=O) groups excluding carboxylic acids is 2. The summed E-state index contributed by atoms with van der Waals surface area (Å²) in [6.07, 6.45) is 7.59. The minimum absolute atomic E-state index is 0.0857. The van der Waals surface area contributed by atoms with Crippen LogP contribution in [0.25, 0.3) is 0 Å². The first-order valence-corrected chi connectivity index (χ1v) is 9.43. The molecule has 2 aromatic rings. The molecule has 0 heterocycles. The van der Waals surface area contributed by atoms with Crippen molar-refractivity contribution in [2.24, 2.45) is 0 Å². The van der Waals surface area contributed by atoms with Crippen LogP contribution in [0.4, 0.5) is 0 Å². The Kier molecular flexibility index (Phi) is 7.87. The number of unbranched alkanes of at least 4 members (excludes halogenated alkanes) is 5. The second-order valence-corrected chi connectivity index (χ2v) is 6.79. The van der Waals surface area contributed by atoms with Crippen molar-refractivity contribution < 1.29 is 9.59 Å². The lowest BCUT2D eigenvalue weighted by Crippen LogP contribution is -2.03. The topological polar surface area (TPSA) is 34.1 Å². The van der Waals surface area contributed by atoms with Gasteiger partial charge < -0.3 is 0 Å². The molecule has 25 heavy (non-hydrogen) atoms. The van der Waals surface area contributed by atoms with Crippen molar-refractivity contribution in [3.05, 3.63) is 70.2 Å². The Bertz CT molecular complexity index is 704. The zero-order chi connectivity index (χ0) is 18.1. The van der Waals surface area contributed by atoms with Crippen LogP contribution < -0.4 is 0 Å². The van der Waals surface area contributed by atoms with E-state index in [9.17, 15) is 9.59 Å². The first kappa shape index (κ1) is 19.4. The molecule has 3 heteroatoms. The van der Waals surface area contributed by atoms with Gasteiger partial charge >= 0.3 is 0 Å². The molecular formula is C22H25ClO2. The number of hydrogen-bond donors (Lipinski definition) is 0. The van der Waals surface area contributed by atoms with Crippen LogP contribution in [0.15, 0.2) is 48.5 Å². The predicted octanol–water partition coefficient (Wildman–Crippen LogP) is 6.50. The van der Waals surface area contributed by atoms with E-state index in [4.69, 9.17) is 11.6 Å². The smallest absolute Gasteiger partial charge is 0.193 e. The van der Waals surface area contributed by atoms with Gasteiger partial charge in [-0.15, -0.1) is 0 Å². The molecule has 0 unspecified atom stereocenters. The van der Waals surface area contributed by atoms with Gasteiger partial charge in [-0.1, -0.05) is 87.0 Å². The molecule has 0 fully saturated rings. The SMILES string of the molecule is CCCCCCCCC(=O)c1ccc(C(=O)c2cccc(Cl)c2)cc1. The summed E-state index contributed by atoms with van der Waals surface area (Å²) in [6, 6.07) is 13.8. The summed E-state index contributed by atoms with van der Waals surface area (Å²) in [6.45, 7) is 2.20. The molecule has 2 rings (SSSR count). The molecule has 2 nitrogen and oxygen atoms in total. The van der Waals surface area contributed by atoms with Crippen LogP contribution in [0, 0.1) is 0 Å². The Balaban J connectivity index is 1.88. The van der Waals surface area contributed by atoms with Gasteiger partial charge in [0.15, 0.2) is 11.6 Å². The Morgan fingerprint density at radius 1 is 0.800 bits per heavy atom. The van der Waals surface area contributed by atoms with Crippen molar-refractivity contribution in [2.75, 3.05) is 0 Å². The van der Waals surface area contributed by atoms with Crippen LogP contribution in [-0.4, -0.2) is 11.6 Å². The van der Waals surface area contributed by atoms with Crippen molar-refractivity contribution in [3.8, 4) is 0 Å². The molecular weight excluding hydrogens is 332 g/mol. The fraction of sp³-hybridized carbons (Fsp3) is 0.364. The van der Waals surface area contributed by atoms with Gasteiger partial charge in [-0.2, -0.15) is 0 Å². The summed E-state index contributed by atoms with van der Waals surface area (Å²) < 4.78 is 0. The molecule has 0 aliphatic rings. The Labute approximate surface area is 155 Å². The monoisotopic (exact) mass is 356 g/mol. The molecule has 0 bridgehead atoms. The summed E-state index contributed by atoms with van der Waals surface area (Å²) in [5, 5.41) is 0.539. The largest absolute Gasteiger partial charge is 0.294 e. The van der Waals surface area contributed by atoms with Crippen molar-refractivity contribution in [3.63, 3.8) is 0 Å². The normalized spacial score (nSPS) is 10.6. The van der Waals surface area contributed by atoms with E-state index in [0.717, 1.165) is 12.8 Å². The van der Waals surface area contributed by atoms with Crippen LogP contribution >= 0.6 is 11.6 Å². The molecule has 0 spiro atoms. The number of hydrogen-bond acceptors (Lipinski definition) is 2. The number of ketones is 2. The number of Topliss-reactive ketones (excluding diaryl/α,β-unsaturated/α-hetero) is 1. The molecule has 0 radical (unpaired) electrons. The third-order valence-corrected chi connectivity index (χ3v) is 4.55. The van der Waals surface area contributed by atoms with Crippen molar-refractivity contribution in [1.82, 2.24) is 0 Å². The number of carbonyl (C=O) groups is 2.